The van der Waals surface area contributed by atoms with Crippen LogP contribution < -0.4 is 68.7 Å². The van der Waals surface area contributed by atoms with Crippen molar-refractivity contribution in [3.8, 4) is 0 Å². The number of nitrogens with zero attached hydrogens (tertiary/aromatic N) is 2. The maximum absolute atomic E-state index is 10.9. The van der Waals surface area contributed by atoms with Gasteiger partial charge in [0, 0.05) is 11.7 Å². The molecule has 2 heterocycles. The number of hydrogen-bond acceptors (Lipinski definition) is 2. The Bertz CT molecular complexity index is 478. The molecule has 0 N–H and O–H groups in total. The molecule has 2 rings (SSSR count). The predicted molar refractivity (Wildman–Crippen MR) is 46.1 cm³/mol. The third kappa shape index (κ3) is 2.34. The topological polar surface area (TPSA) is 44.1 Å². The molecule has 0 radical (unpaired) electrons. The monoisotopic (exact) mass is 244 g/mol. The number of rotatable bonds is 0. The van der Waals surface area contributed by atoms with E-state index in [-0.39, 0.29) is 63.7 Å². The molecule has 2 aromatic heterocycles. The molecule has 0 fully saturated rings. The Morgan fingerprint density at radius 2 is 2.08 bits per heavy atom. The molecule has 0 unspecified atom stereocenters. The molecule has 0 aromatic carbocycles. The maximum atomic E-state index is 10.9. The summed E-state index contributed by atoms with van der Waals surface area (Å²) >= 11 is 0. The van der Waals surface area contributed by atoms with Crippen LogP contribution in [0.15, 0.2) is 29.2 Å². The van der Waals surface area contributed by atoms with E-state index >= 15 is 0 Å². The average Bonchev–Trinajstić information content (AvgIpc) is 2.07. The summed E-state index contributed by atoms with van der Waals surface area (Å²) in [6, 6.07) is 4.96. The van der Waals surface area contributed by atoms with Crippen molar-refractivity contribution in [1.82, 2.24) is 9.97 Å². The van der Waals surface area contributed by atoms with Gasteiger partial charge >= 0.3 is 58.2 Å². The van der Waals surface area contributed by atoms with Crippen LogP contribution in [0.25, 0.3) is 11.0 Å². The minimum absolute atomic E-state index is 0. The molecule has 4 heteroatoms. The molecular weight excluding hydrogens is 238 g/mol. The standard InChI is InChI=1S/C9H8N2O.Rb/c1-6-4-5-10-7-2-3-8(12)11-9(6)7;/h2-5H,1H3,(H,11,12);/q;+1/p-1. The molecule has 60 valence electrons. The van der Waals surface area contributed by atoms with Crippen LogP contribution in [0.5, 0.6) is 0 Å². The first-order valence-electron chi connectivity index (χ1n) is 3.67. The first-order valence-corrected chi connectivity index (χ1v) is 3.67. The van der Waals surface area contributed by atoms with E-state index < -0.39 is 0 Å². The van der Waals surface area contributed by atoms with Crippen LogP contribution in [0.3, 0.4) is 0 Å². The molecule has 0 aliphatic heterocycles. The van der Waals surface area contributed by atoms with Crippen LogP contribution in [0.2, 0.25) is 0 Å². The van der Waals surface area contributed by atoms with E-state index in [0.717, 1.165) is 11.1 Å². The third-order valence-corrected chi connectivity index (χ3v) is 1.76. The molecule has 2 aromatic rings. The van der Waals surface area contributed by atoms with Gasteiger partial charge in [0.05, 0.1) is 5.56 Å². The van der Waals surface area contributed by atoms with Crippen molar-refractivity contribution >= 4 is 11.0 Å². The molecular formula is C9H7N2ORb. The van der Waals surface area contributed by atoms with Crippen molar-refractivity contribution in [3.05, 3.63) is 40.3 Å². The largest absolute Gasteiger partial charge is 1.00 e. The first-order chi connectivity index (χ1) is 5.77. The molecule has 0 atom stereocenters. The van der Waals surface area contributed by atoms with Gasteiger partial charge in [0.2, 0.25) is 0 Å². The molecule has 0 bridgehead atoms. The fourth-order valence-electron chi connectivity index (χ4n) is 1.14. The summed E-state index contributed by atoms with van der Waals surface area (Å²) < 4.78 is 0. The van der Waals surface area contributed by atoms with E-state index in [1.807, 2.05) is 13.0 Å². The molecule has 0 aliphatic rings. The van der Waals surface area contributed by atoms with E-state index in [9.17, 15) is 4.79 Å². The fraction of sp³-hybridized carbons (Fsp3) is 0.111. The second-order valence-corrected chi connectivity index (χ2v) is 2.65. The zero-order chi connectivity index (χ0) is 8.55. The average molecular weight is 245 g/mol. The molecule has 13 heavy (non-hydrogen) atoms. The predicted octanol–water partition coefficient (Wildman–Crippen LogP) is -2.14. The first kappa shape index (κ1) is 11.2. The van der Waals surface area contributed by atoms with Crippen LogP contribution in [-0.4, -0.2) is 4.98 Å². The Kier molecular flexibility index (Phi) is 3.97. The Morgan fingerprint density at radius 1 is 1.31 bits per heavy atom. The van der Waals surface area contributed by atoms with E-state index in [1.54, 1.807) is 12.3 Å². The van der Waals surface area contributed by atoms with Gasteiger partial charge in [0.15, 0.2) is 0 Å². The van der Waals surface area contributed by atoms with Gasteiger partial charge in [0.25, 0.3) is 0 Å². The minimum atomic E-state index is -0.210. The van der Waals surface area contributed by atoms with Gasteiger partial charge in [-0.15, -0.1) is 5.52 Å². The molecule has 0 aliphatic carbocycles. The summed E-state index contributed by atoms with van der Waals surface area (Å²) in [5.74, 6) is 0. The van der Waals surface area contributed by atoms with E-state index in [0.29, 0.717) is 5.52 Å². The van der Waals surface area contributed by atoms with Gasteiger partial charge < -0.3 is 9.78 Å². The summed E-state index contributed by atoms with van der Waals surface area (Å²) in [6.45, 7) is 1.91. The summed E-state index contributed by atoms with van der Waals surface area (Å²) in [4.78, 5) is 18.8. The number of aryl methyl sites for hydroxylation is 1. The van der Waals surface area contributed by atoms with Gasteiger partial charge in [-0.1, -0.05) is 5.56 Å². The number of hydrogen-bond donors (Lipinski definition) is 0. The number of aromatic nitrogens is 2. The minimum Gasteiger partial charge on any atom is -0.621 e. The van der Waals surface area contributed by atoms with Crippen molar-refractivity contribution in [2.24, 2.45) is 0 Å². The van der Waals surface area contributed by atoms with Crippen LogP contribution in [0.1, 0.15) is 5.56 Å². The van der Waals surface area contributed by atoms with Crippen molar-refractivity contribution in [2.75, 3.05) is 0 Å². The Morgan fingerprint density at radius 3 is 2.85 bits per heavy atom. The van der Waals surface area contributed by atoms with Crippen molar-refractivity contribution in [2.45, 2.75) is 6.92 Å². The van der Waals surface area contributed by atoms with Crippen LogP contribution >= 0.6 is 0 Å². The third-order valence-electron chi connectivity index (χ3n) is 1.76. The van der Waals surface area contributed by atoms with Gasteiger partial charge in [-0.05, 0) is 25.1 Å². The van der Waals surface area contributed by atoms with E-state index in [2.05, 4.69) is 9.97 Å². The maximum Gasteiger partial charge on any atom is 1.00 e. The number of pyridine rings is 2. The van der Waals surface area contributed by atoms with E-state index in [1.165, 1.54) is 6.07 Å². The Balaban J connectivity index is 0.000000845. The second kappa shape index (κ2) is 4.60. The quantitative estimate of drug-likeness (QED) is 0.532. The SMILES string of the molecule is Cc1ccnc2ccc(=O)[n-]c12.[Rb+]. The zero-order valence-corrected chi connectivity index (χ0v) is 12.5. The molecule has 3 nitrogen and oxygen atoms in total. The summed E-state index contributed by atoms with van der Waals surface area (Å²) in [5, 5.41) is 0. The van der Waals surface area contributed by atoms with Gasteiger partial charge in [-0.25, -0.2) is 0 Å². The summed E-state index contributed by atoms with van der Waals surface area (Å²) in [6.07, 6.45) is 1.71. The summed E-state index contributed by atoms with van der Waals surface area (Å²) in [5.41, 5.74) is 2.25. The van der Waals surface area contributed by atoms with Crippen molar-refractivity contribution in [3.63, 3.8) is 0 Å². The Labute approximate surface area is 124 Å². The van der Waals surface area contributed by atoms with Crippen LogP contribution in [0.4, 0.5) is 0 Å². The normalized spacial score (nSPS) is 9.62. The summed E-state index contributed by atoms with van der Waals surface area (Å²) in [7, 11) is 0. The van der Waals surface area contributed by atoms with Gasteiger partial charge in [0.1, 0.15) is 0 Å². The smallest absolute Gasteiger partial charge is 0.621 e. The van der Waals surface area contributed by atoms with Gasteiger partial charge in [-0.2, -0.15) is 0 Å². The molecule has 0 saturated heterocycles. The van der Waals surface area contributed by atoms with Crippen LogP contribution in [0, 0.1) is 6.92 Å². The fourth-order valence-corrected chi connectivity index (χ4v) is 1.14. The van der Waals surface area contributed by atoms with E-state index in [4.69, 9.17) is 0 Å². The van der Waals surface area contributed by atoms with Gasteiger partial charge in [-0.3, -0.25) is 4.98 Å². The second-order valence-electron chi connectivity index (χ2n) is 2.65. The molecule has 0 spiro atoms. The van der Waals surface area contributed by atoms with Crippen molar-refractivity contribution < 1.29 is 58.2 Å². The molecule has 0 amide bonds. The zero-order valence-electron chi connectivity index (χ0n) is 7.61. The molecule has 0 saturated carbocycles. The van der Waals surface area contributed by atoms with Crippen molar-refractivity contribution in [1.29, 1.82) is 0 Å². The Hall–Kier alpha value is 0.165. The number of fused-ring (bicyclic) bond motifs is 1. The van der Waals surface area contributed by atoms with Crippen LogP contribution in [-0.2, 0) is 0 Å².